The topological polar surface area (TPSA) is 88.9 Å². The highest BCUT2D eigenvalue weighted by Crippen LogP contribution is 2.13. The SMILES string of the molecule is CC(C)C(=O)NCc1cnn(-c2ccc(C(=O)NC(C)c3ccccn3)cc2)c1. The largest absolute Gasteiger partial charge is 0.352 e. The number of nitrogens with one attached hydrogen (secondary N) is 2. The first-order chi connectivity index (χ1) is 13.9. The third-order valence-electron chi connectivity index (χ3n) is 4.50. The maximum Gasteiger partial charge on any atom is 0.251 e. The number of hydrogen-bond donors (Lipinski definition) is 2. The highest BCUT2D eigenvalue weighted by molar-refractivity contribution is 5.94. The van der Waals surface area contributed by atoms with Crippen LogP contribution in [0.1, 0.15) is 48.4 Å². The number of rotatable bonds is 7. The van der Waals surface area contributed by atoms with Crippen LogP contribution in [0.4, 0.5) is 0 Å². The summed E-state index contributed by atoms with van der Waals surface area (Å²) >= 11 is 0. The van der Waals surface area contributed by atoms with Gasteiger partial charge in [-0.2, -0.15) is 5.10 Å². The Hall–Kier alpha value is -3.48. The van der Waals surface area contributed by atoms with Gasteiger partial charge in [0.15, 0.2) is 0 Å². The van der Waals surface area contributed by atoms with Gasteiger partial charge in [-0.3, -0.25) is 14.6 Å². The van der Waals surface area contributed by atoms with Crippen LogP contribution in [0.2, 0.25) is 0 Å². The van der Waals surface area contributed by atoms with Gasteiger partial charge in [0.05, 0.1) is 23.6 Å². The second-order valence-corrected chi connectivity index (χ2v) is 7.16. The van der Waals surface area contributed by atoms with Crippen molar-refractivity contribution in [1.82, 2.24) is 25.4 Å². The highest BCUT2D eigenvalue weighted by Gasteiger charge is 2.12. The lowest BCUT2D eigenvalue weighted by atomic mass is 10.1. The predicted molar refractivity (Wildman–Crippen MR) is 110 cm³/mol. The molecule has 1 atom stereocenters. The van der Waals surface area contributed by atoms with Crippen molar-refractivity contribution in [3.8, 4) is 5.69 Å². The minimum atomic E-state index is -0.182. The summed E-state index contributed by atoms with van der Waals surface area (Å²) in [5.74, 6) is -0.204. The third kappa shape index (κ3) is 5.28. The first kappa shape index (κ1) is 20.3. The summed E-state index contributed by atoms with van der Waals surface area (Å²) < 4.78 is 1.72. The molecule has 0 spiro atoms. The first-order valence-corrected chi connectivity index (χ1v) is 9.57. The van der Waals surface area contributed by atoms with E-state index >= 15 is 0 Å². The van der Waals surface area contributed by atoms with E-state index in [1.54, 1.807) is 29.2 Å². The number of aromatic nitrogens is 3. The molecule has 0 fully saturated rings. The van der Waals surface area contributed by atoms with Crippen molar-refractivity contribution < 1.29 is 9.59 Å². The lowest BCUT2D eigenvalue weighted by Gasteiger charge is -2.13. The molecule has 0 saturated carbocycles. The Morgan fingerprint density at radius 3 is 2.48 bits per heavy atom. The number of amides is 2. The molecule has 7 heteroatoms. The first-order valence-electron chi connectivity index (χ1n) is 9.57. The third-order valence-corrected chi connectivity index (χ3v) is 4.50. The van der Waals surface area contributed by atoms with Crippen LogP contribution in [0.15, 0.2) is 61.1 Å². The van der Waals surface area contributed by atoms with E-state index < -0.39 is 0 Å². The smallest absolute Gasteiger partial charge is 0.251 e. The van der Waals surface area contributed by atoms with Gasteiger partial charge in [-0.25, -0.2) is 4.68 Å². The number of pyridine rings is 1. The second-order valence-electron chi connectivity index (χ2n) is 7.16. The molecule has 150 valence electrons. The second kappa shape index (κ2) is 9.14. The Morgan fingerprint density at radius 1 is 1.07 bits per heavy atom. The summed E-state index contributed by atoms with van der Waals surface area (Å²) in [6, 6.07) is 12.6. The standard InChI is InChI=1S/C22H25N5O2/c1-15(2)21(28)24-12-17-13-25-27(14-17)19-9-7-18(8-10-19)22(29)26-16(3)20-6-4-5-11-23-20/h4-11,13-16H,12H2,1-3H3,(H,24,28)(H,26,29). The van der Waals surface area contributed by atoms with Crippen LogP contribution in [-0.2, 0) is 11.3 Å². The van der Waals surface area contributed by atoms with Crippen molar-refractivity contribution >= 4 is 11.8 Å². The molecule has 3 aromatic rings. The van der Waals surface area contributed by atoms with Crippen LogP contribution < -0.4 is 10.6 Å². The van der Waals surface area contributed by atoms with E-state index in [-0.39, 0.29) is 23.8 Å². The zero-order valence-corrected chi connectivity index (χ0v) is 16.8. The lowest BCUT2D eigenvalue weighted by Crippen LogP contribution is -2.27. The Morgan fingerprint density at radius 2 is 1.83 bits per heavy atom. The zero-order chi connectivity index (χ0) is 20.8. The fourth-order valence-corrected chi connectivity index (χ4v) is 2.74. The van der Waals surface area contributed by atoms with Crippen molar-refractivity contribution in [3.63, 3.8) is 0 Å². The van der Waals surface area contributed by atoms with Gasteiger partial charge in [0.25, 0.3) is 5.91 Å². The lowest BCUT2D eigenvalue weighted by molar-refractivity contribution is -0.124. The normalized spacial score (nSPS) is 11.9. The summed E-state index contributed by atoms with van der Waals surface area (Å²) in [6.45, 7) is 6.04. The van der Waals surface area contributed by atoms with Crippen LogP contribution in [0, 0.1) is 5.92 Å². The minimum absolute atomic E-state index is 0.00745. The van der Waals surface area contributed by atoms with E-state index in [1.165, 1.54) is 0 Å². The van der Waals surface area contributed by atoms with E-state index in [9.17, 15) is 9.59 Å². The van der Waals surface area contributed by atoms with Gasteiger partial charge in [-0.1, -0.05) is 19.9 Å². The van der Waals surface area contributed by atoms with Crippen LogP contribution in [0.25, 0.3) is 5.69 Å². The van der Waals surface area contributed by atoms with Crippen LogP contribution in [0.3, 0.4) is 0 Å². The number of nitrogens with zero attached hydrogens (tertiary/aromatic N) is 3. The van der Waals surface area contributed by atoms with Crippen LogP contribution >= 0.6 is 0 Å². The van der Waals surface area contributed by atoms with E-state index in [4.69, 9.17) is 0 Å². The molecule has 0 bridgehead atoms. The van der Waals surface area contributed by atoms with Crippen LogP contribution in [0.5, 0.6) is 0 Å². The van der Waals surface area contributed by atoms with Crippen molar-refractivity contribution in [2.24, 2.45) is 5.92 Å². The molecule has 2 heterocycles. The Labute approximate surface area is 170 Å². The monoisotopic (exact) mass is 391 g/mol. The fraction of sp³-hybridized carbons (Fsp3) is 0.273. The van der Waals surface area contributed by atoms with E-state index in [0.29, 0.717) is 12.1 Å². The molecule has 0 aliphatic heterocycles. The Kier molecular flexibility index (Phi) is 6.39. The van der Waals surface area contributed by atoms with Gasteiger partial charge in [0.2, 0.25) is 5.91 Å². The number of benzene rings is 1. The summed E-state index contributed by atoms with van der Waals surface area (Å²) in [5.41, 5.74) is 3.12. The van der Waals surface area contributed by atoms with Gasteiger partial charge >= 0.3 is 0 Å². The van der Waals surface area contributed by atoms with E-state index in [2.05, 4.69) is 20.7 Å². The highest BCUT2D eigenvalue weighted by atomic mass is 16.2. The summed E-state index contributed by atoms with van der Waals surface area (Å²) in [7, 11) is 0. The van der Waals surface area contributed by atoms with Crippen molar-refractivity contribution in [2.75, 3.05) is 0 Å². The molecule has 1 aromatic carbocycles. The maximum absolute atomic E-state index is 12.5. The quantitative estimate of drug-likeness (QED) is 0.648. The molecular weight excluding hydrogens is 366 g/mol. The van der Waals surface area contributed by atoms with Crippen LogP contribution in [-0.4, -0.2) is 26.6 Å². The molecule has 2 N–H and O–H groups in total. The minimum Gasteiger partial charge on any atom is -0.352 e. The fourth-order valence-electron chi connectivity index (χ4n) is 2.74. The van der Waals surface area contributed by atoms with Crippen molar-refractivity contribution in [2.45, 2.75) is 33.4 Å². The molecule has 1 unspecified atom stereocenters. The average Bonchev–Trinajstić information content (AvgIpc) is 3.21. The molecular formula is C22H25N5O2. The molecule has 0 aliphatic carbocycles. The Balaban J connectivity index is 1.61. The van der Waals surface area contributed by atoms with E-state index in [1.807, 2.05) is 57.3 Å². The average molecular weight is 391 g/mol. The molecule has 2 amide bonds. The summed E-state index contributed by atoms with van der Waals surface area (Å²) in [4.78, 5) is 28.4. The van der Waals surface area contributed by atoms with Gasteiger partial charge in [-0.05, 0) is 43.3 Å². The summed E-state index contributed by atoms with van der Waals surface area (Å²) in [5, 5.41) is 10.1. The zero-order valence-electron chi connectivity index (χ0n) is 16.8. The van der Waals surface area contributed by atoms with Gasteiger partial charge in [-0.15, -0.1) is 0 Å². The van der Waals surface area contributed by atoms with Crippen molar-refractivity contribution in [1.29, 1.82) is 0 Å². The van der Waals surface area contributed by atoms with E-state index in [0.717, 1.165) is 16.9 Å². The number of carbonyl (C=O) groups is 2. The molecule has 0 aliphatic rings. The number of hydrogen-bond acceptors (Lipinski definition) is 4. The van der Waals surface area contributed by atoms with Gasteiger partial charge in [0, 0.05) is 36.0 Å². The molecule has 3 rings (SSSR count). The predicted octanol–water partition coefficient (Wildman–Crippen LogP) is 3.03. The maximum atomic E-state index is 12.5. The van der Waals surface area contributed by atoms with Gasteiger partial charge in [0.1, 0.15) is 0 Å². The Bertz CT molecular complexity index is 964. The molecule has 0 radical (unpaired) electrons. The number of carbonyl (C=O) groups excluding carboxylic acids is 2. The van der Waals surface area contributed by atoms with Gasteiger partial charge < -0.3 is 10.6 Å². The molecule has 29 heavy (non-hydrogen) atoms. The molecule has 2 aromatic heterocycles. The molecule has 7 nitrogen and oxygen atoms in total. The van der Waals surface area contributed by atoms with Crippen molar-refractivity contribution in [3.05, 3.63) is 77.9 Å². The summed E-state index contributed by atoms with van der Waals surface area (Å²) in [6.07, 6.45) is 5.29. The molecule has 0 saturated heterocycles.